The van der Waals surface area contributed by atoms with E-state index in [4.69, 9.17) is 0 Å². The van der Waals surface area contributed by atoms with Crippen LogP contribution in [-0.2, 0) is 6.04 Å². The highest BCUT2D eigenvalue weighted by Crippen LogP contribution is 2.37. The summed E-state index contributed by atoms with van der Waals surface area (Å²) in [5.41, 5.74) is 1.53. The van der Waals surface area contributed by atoms with Gasteiger partial charge >= 0.3 is 0 Å². The molecular weight excluding hydrogens is 268 g/mol. The van der Waals surface area contributed by atoms with Crippen molar-refractivity contribution >= 4 is 40.4 Å². The zero-order valence-electron chi connectivity index (χ0n) is 12.9. The Morgan fingerprint density at radius 1 is 0.714 bits per heavy atom. The molecule has 0 bridgehead atoms. The lowest BCUT2D eigenvalue weighted by Gasteiger charge is -2.20. The monoisotopic (exact) mass is 288 g/mol. The van der Waals surface area contributed by atoms with Gasteiger partial charge in [0.25, 0.3) is 0 Å². The topological polar surface area (TPSA) is 0 Å². The largest absolute Gasteiger partial charge is 0.0693 e. The van der Waals surface area contributed by atoms with Gasteiger partial charge in [-0.05, 0) is 43.9 Å². The summed E-state index contributed by atoms with van der Waals surface area (Å²) in [7, 11) is -1.13. The van der Waals surface area contributed by atoms with Crippen LogP contribution in [0.1, 0.15) is 5.56 Å². The Balaban J connectivity index is 2.20. The van der Waals surface area contributed by atoms with Crippen LogP contribution in [0.2, 0.25) is 19.6 Å². The average molecular weight is 288 g/mol. The van der Waals surface area contributed by atoms with Gasteiger partial charge in [0.2, 0.25) is 0 Å². The van der Waals surface area contributed by atoms with Crippen molar-refractivity contribution in [1.29, 1.82) is 0 Å². The lowest BCUT2D eigenvalue weighted by Crippen LogP contribution is -2.24. The number of hydrogen-bond donors (Lipinski definition) is 0. The van der Waals surface area contributed by atoms with Crippen LogP contribution >= 0.6 is 0 Å². The third-order valence-corrected chi connectivity index (χ3v) is 5.76. The molecule has 4 rings (SSSR count). The molecule has 0 saturated heterocycles. The standard InChI is InChI=1S/C20H20Si/c1-21(2,3)13-17-12-16-8-4-6-14-10-11-15-7-5-9-18(17)20(15)19(14)16/h4-12H,13H2,1-3H3. The van der Waals surface area contributed by atoms with Crippen LogP contribution in [0.5, 0.6) is 0 Å². The number of benzene rings is 4. The number of hydrogen-bond acceptors (Lipinski definition) is 0. The Labute approximate surface area is 126 Å². The highest BCUT2D eigenvalue weighted by atomic mass is 28.3. The molecule has 0 aliphatic carbocycles. The second-order valence-electron chi connectivity index (χ2n) is 7.32. The van der Waals surface area contributed by atoms with Gasteiger partial charge in [-0.25, -0.2) is 0 Å². The van der Waals surface area contributed by atoms with E-state index in [0.29, 0.717) is 0 Å². The lowest BCUT2D eigenvalue weighted by molar-refractivity contribution is 1.35. The molecule has 0 nitrogen and oxygen atoms in total. The molecule has 1 heteroatoms. The van der Waals surface area contributed by atoms with Gasteiger partial charge < -0.3 is 0 Å². The summed E-state index contributed by atoms with van der Waals surface area (Å²) in [6.45, 7) is 7.36. The quantitative estimate of drug-likeness (QED) is 0.313. The number of rotatable bonds is 2. The Kier molecular flexibility index (Phi) is 2.64. The molecule has 104 valence electrons. The molecule has 0 unspecified atom stereocenters. The second kappa shape index (κ2) is 4.31. The van der Waals surface area contributed by atoms with Gasteiger partial charge in [-0.1, -0.05) is 74.2 Å². The fourth-order valence-corrected chi connectivity index (χ4v) is 4.99. The van der Waals surface area contributed by atoms with E-state index >= 15 is 0 Å². The minimum absolute atomic E-state index is 1.13. The summed E-state index contributed by atoms with van der Waals surface area (Å²) < 4.78 is 0. The summed E-state index contributed by atoms with van der Waals surface area (Å²) in [5.74, 6) is 0. The predicted molar refractivity (Wildman–Crippen MR) is 97.2 cm³/mol. The highest BCUT2D eigenvalue weighted by Gasteiger charge is 2.18. The molecule has 0 aromatic heterocycles. The molecule has 0 spiro atoms. The second-order valence-corrected chi connectivity index (χ2v) is 12.8. The molecule has 0 radical (unpaired) electrons. The third-order valence-electron chi connectivity index (χ3n) is 4.31. The van der Waals surface area contributed by atoms with Crippen LogP contribution in [0.25, 0.3) is 32.3 Å². The molecule has 0 aliphatic rings. The third kappa shape index (κ3) is 2.04. The first-order valence-electron chi connectivity index (χ1n) is 7.68. The van der Waals surface area contributed by atoms with Gasteiger partial charge in [-0.2, -0.15) is 0 Å². The zero-order chi connectivity index (χ0) is 14.6. The van der Waals surface area contributed by atoms with Gasteiger partial charge in [-0.3, -0.25) is 0 Å². The normalized spacial score (nSPS) is 12.7. The van der Waals surface area contributed by atoms with Crippen LogP contribution in [0, 0.1) is 0 Å². The van der Waals surface area contributed by atoms with Crippen LogP contribution < -0.4 is 0 Å². The van der Waals surface area contributed by atoms with Crippen molar-refractivity contribution in [2.24, 2.45) is 0 Å². The van der Waals surface area contributed by atoms with Crippen LogP contribution in [0.15, 0.2) is 54.6 Å². The highest BCUT2D eigenvalue weighted by molar-refractivity contribution is 6.75. The average Bonchev–Trinajstić information content (AvgIpc) is 2.44. The zero-order valence-corrected chi connectivity index (χ0v) is 13.9. The minimum Gasteiger partial charge on any atom is -0.0693 e. The van der Waals surface area contributed by atoms with Gasteiger partial charge in [-0.15, -0.1) is 0 Å². The maximum atomic E-state index is 2.45. The van der Waals surface area contributed by atoms with Crippen molar-refractivity contribution in [2.45, 2.75) is 25.7 Å². The van der Waals surface area contributed by atoms with E-state index in [2.05, 4.69) is 74.2 Å². The molecule has 0 atom stereocenters. The molecule has 0 amide bonds. The lowest BCUT2D eigenvalue weighted by atomic mass is 9.92. The van der Waals surface area contributed by atoms with Crippen LogP contribution in [0.3, 0.4) is 0 Å². The maximum Gasteiger partial charge on any atom is 0.0487 e. The van der Waals surface area contributed by atoms with E-state index in [9.17, 15) is 0 Å². The molecule has 0 saturated carbocycles. The molecule has 0 N–H and O–H groups in total. The molecule has 21 heavy (non-hydrogen) atoms. The van der Waals surface area contributed by atoms with Gasteiger partial charge in [0, 0.05) is 8.07 Å². The van der Waals surface area contributed by atoms with Crippen molar-refractivity contribution in [3.05, 3.63) is 60.2 Å². The van der Waals surface area contributed by atoms with E-state index in [1.54, 1.807) is 0 Å². The Morgan fingerprint density at radius 3 is 2.05 bits per heavy atom. The first-order valence-corrected chi connectivity index (χ1v) is 11.4. The molecule has 4 aromatic rings. The molecule has 0 fully saturated rings. The smallest absolute Gasteiger partial charge is 0.0487 e. The van der Waals surface area contributed by atoms with E-state index in [-0.39, 0.29) is 0 Å². The van der Waals surface area contributed by atoms with Crippen molar-refractivity contribution in [1.82, 2.24) is 0 Å². The Bertz CT molecular complexity index is 944. The fraction of sp³-hybridized carbons (Fsp3) is 0.200. The minimum atomic E-state index is -1.13. The summed E-state index contributed by atoms with van der Waals surface area (Å²) in [6.07, 6.45) is 0. The first kappa shape index (κ1) is 12.8. The maximum absolute atomic E-state index is 2.45. The van der Waals surface area contributed by atoms with E-state index in [1.165, 1.54) is 43.9 Å². The Hall–Kier alpha value is -1.86. The van der Waals surface area contributed by atoms with Crippen molar-refractivity contribution in [3.63, 3.8) is 0 Å². The summed E-state index contributed by atoms with van der Waals surface area (Å²) in [5, 5.41) is 8.47. The SMILES string of the molecule is C[Si](C)(C)Cc1cc2cccc3ccc4cccc1c4c32. The van der Waals surface area contributed by atoms with Crippen molar-refractivity contribution < 1.29 is 0 Å². The summed E-state index contributed by atoms with van der Waals surface area (Å²) >= 11 is 0. The summed E-state index contributed by atoms with van der Waals surface area (Å²) in [4.78, 5) is 0. The molecule has 4 aromatic carbocycles. The van der Waals surface area contributed by atoms with Crippen molar-refractivity contribution in [2.75, 3.05) is 0 Å². The molecule has 0 heterocycles. The van der Waals surface area contributed by atoms with Crippen LogP contribution in [-0.4, -0.2) is 8.07 Å². The predicted octanol–water partition coefficient (Wildman–Crippen LogP) is 6.00. The summed E-state index contributed by atoms with van der Waals surface area (Å²) in [6, 6.07) is 21.6. The molecule has 0 aliphatic heterocycles. The fourth-order valence-electron chi connectivity index (χ4n) is 3.55. The van der Waals surface area contributed by atoms with E-state index in [0.717, 1.165) is 0 Å². The molecular formula is C20H20Si. The van der Waals surface area contributed by atoms with E-state index < -0.39 is 8.07 Å². The van der Waals surface area contributed by atoms with Gasteiger partial charge in [0.15, 0.2) is 0 Å². The Morgan fingerprint density at radius 2 is 1.33 bits per heavy atom. The van der Waals surface area contributed by atoms with Gasteiger partial charge in [0.1, 0.15) is 0 Å². The van der Waals surface area contributed by atoms with Gasteiger partial charge in [0.05, 0.1) is 0 Å². The first-order chi connectivity index (χ1) is 10.0. The van der Waals surface area contributed by atoms with E-state index in [1.807, 2.05) is 0 Å². The van der Waals surface area contributed by atoms with Crippen LogP contribution in [0.4, 0.5) is 0 Å². The van der Waals surface area contributed by atoms with Crippen molar-refractivity contribution in [3.8, 4) is 0 Å².